The van der Waals surface area contributed by atoms with Crippen LogP contribution in [0.25, 0.3) is 11.4 Å². The Morgan fingerprint density at radius 2 is 2.07 bits per heavy atom. The average molecular weight is 252 g/mol. The SMILES string of the molecule is Cc1ccc(-c2n[nH]c(C)n2)c(Br)c1. The highest BCUT2D eigenvalue weighted by atomic mass is 79.9. The molecule has 0 bridgehead atoms. The number of nitrogens with one attached hydrogen (secondary N) is 1. The van der Waals surface area contributed by atoms with E-state index in [0.29, 0.717) is 0 Å². The highest BCUT2D eigenvalue weighted by Crippen LogP contribution is 2.26. The molecule has 0 fully saturated rings. The Bertz CT molecular complexity index is 462. The minimum absolute atomic E-state index is 0.731. The number of hydrogen-bond donors (Lipinski definition) is 1. The topological polar surface area (TPSA) is 41.6 Å². The van der Waals surface area contributed by atoms with E-state index in [1.807, 2.05) is 19.1 Å². The lowest BCUT2D eigenvalue weighted by Gasteiger charge is -2.00. The van der Waals surface area contributed by atoms with Crippen LogP contribution < -0.4 is 0 Å². The molecule has 3 nitrogen and oxygen atoms in total. The zero-order chi connectivity index (χ0) is 10.1. The fourth-order valence-corrected chi connectivity index (χ4v) is 1.94. The number of hydrogen-bond acceptors (Lipinski definition) is 2. The Labute approximate surface area is 90.7 Å². The van der Waals surface area contributed by atoms with Crippen LogP contribution in [0.2, 0.25) is 0 Å². The lowest BCUT2D eigenvalue weighted by molar-refractivity contribution is 1.04. The molecule has 0 radical (unpaired) electrons. The van der Waals surface area contributed by atoms with Crippen LogP contribution in [0.15, 0.2) is 22.7 Å². The first-order valence-corrected chi connectivity index (χ1v) is 5.11. The van der Waals surface area contributed by atoms with Gasteiger partial charge >= 0.3 is 0 Å². The molecule has 1 aromatic heterocycles. The predicted molar refractivity (Wildman–Crippen MR) is 59.0 cm³/mol. The van der Waals surface area contributed by atoms with Gasteiger partial charge in [0.2, 0.25) is 0 Å². The Hall–Kier alpha value is -1.16. The van der Waals surface area contributed by atoms with E-state index < -0.39 is 0 Å². The molecule has 14 heavy (non-hydrogen) atoms. The van der Waals surface area contributed by atoms with Gasteiger partial charge in [0.05, 0.1) is 0 Å². The number of aromatic nitrogens is 3. The van der Waals surface area contributed by atoms with Crippen LogP contribution in [0.5, 0.6) is 0 Å². The maximum absolute atomic E-state index is 4.27. The molecule has 0 unspecified atom stereocenters. The summed E-state index contributed by atoms with van der Waals surface area (Å²) in [6.07, 6.45) is 0. The van der Waals surface area contributed by atoms with E-state index in [1.165, 1.54) is 5.56 Å². The number of nitrogens with zero attached hydrogens (tertiary/aromatic N) is 2. The van der Waals surface area contributed by atoms with Gasteiger partial charge < -0.3 is 0 Å². The van der Waals surface area contributed by atoms with E-state index in [-0.39, 0.29) is 0 Å². The van der Waals surface area contributed by atoms with E-state index >= 15 is 0 Å². The highest BCUT2D eigenvalue weighted by Gasteiger charge is 2.07. The summed E-state index contributed by atoms with van der Waals surface area (Å²) in [4.78, 5) is 4.27. The largest absolute Gasteiger partial charge is 0.263 e. The lowest BCUT2D eigenvalue weighted by atomic mass is 10.1. The van der Waals surface area contributed by atoms with Gasteiger partial charge in [-0.05, 0) is 31.5 Å². The molecule has 2 aromatic rings. The zero-order valence-electron chi connectivity index (χ0n) is 8.00. The van der Waals surface area contributed by atoms with Crippen molar-refractivity contribution in [3.05, 3.63) is 34.1 Å². The minimum Gasteiger partial charge on any atom is -0.263 e. The summed E-state index contributed by atoms with van der Waals surface area (Å²) < 4.78 is 1.02. The molecule has 1 heterocycles. The van der Waals surface area contributed by atoms with Crippen molar-refractivity contribution in [3.63, 3.8) is 0 Å². The number of halogens is 1. The van der Waals surface area contributed by atoms with Crippen LogP contribution in [0.3, 0.4) is 0 Å². The van der Waals surface area contributed by atoms with Gasteiger partial charge in [-0.25, -0.2) is 4.98 Å². The molecule has 0 saturated heterocycles. The summed E-state index contributed by atoms with van der Waals surface area (Å²) in [6, 6.07) is 6.12. The second-order valence-corrected chi connectivity index (χ2v) is 4.08. The fraction of sp³-hybridized carbons (Fsp3) is 0.200. The Morgan fingerprint density at radius 1 is 1.29 bits per heavy atom. The molecule has 0 aliphatic carbocycles. The molecule has 1 aromatic carbocycles. The third-order valence-electron chi connectivity index (χ3n) is 1.96. The van der Waals surface area contributed by atoms with E-state index in [2.05, 4.69) is 44.1 Å². The van der Waals surface area contributed by atoms with E-state index in [4.69, 9.17) is 0 Å². The van der Waals surface area contributed by atoms with Crippen molar-refractivity contribution < 1.29 is 0 Å². The van der Waals surface area contributed by atoms with Gasteiger partial charge in [0.15, 0.2) is 5.82 Å². The molecule has 0 amide bonds. The van der Waals surface area contributed by atoms with E-state index in [0.717, 1.165) is 21.7 Å². The van der Waals surface area contributed by atoms with E-state index in [1.54, 1.807) is 0 Å². The molecule has 1 N–H and O–H groups in total. The van der Waals surface area contributed by atoms with E-state index in [9.17, 15) is 0 Å². The number of aromatic amines is 1. The van der Waals surface area contributed by atoms with Crippen LogP contribution in [0, 0.1) is 13.8 Å². The summed E-state index contributed by atoms with van der Waals surface area (Å²) in [5.41, 5.74) is 2.23. The number of rotatable bonds is 1. The molecule has 0 saturated carbocycles. The van der Waals surface area contributed by atoms with Crippen molar-refractivity contribution in [2.45, 2.75) is 13.8 Å². The third-order valence-corrected chi connectivity index (χ3v) is 2.62. The third kappa shape index (κ3) is 1.70. The second kappa shape index (κ2) is 3.53. The quantitative estimate of drug-likeness (QED) is 0.847. The second-order valence-electron chi connectivity index (χ2n) is 3.23. The normalized spacial score (nSPS) is 10.5. The average Bonchev–Trinajstić information content (AvgIpc) is 2.51. The summed E-state index contributed by atoms with van der Waals surface area (Å²) in [5, 5.41) is 6.94. The van der Waals surface area contributed by atoms with Crippen LogP contribution in [-0.2, 0) is 0 Å². The van der Waals surface area contributed by atoms with Gasteiger partial charge in [-0.1, -0.05) is 22.0 Å². The van der Waals surface area contributed by atoms with Gasteiger partial charge in [0.1, 0.15) is 5.82 Å². The van der Waals surface area contributed by atoms with Crippen LogP contribution in [-0.4, -0.2) is 15.2 Å². The molecule has 4 heteroatoms. The Morgan fingerprint density at radius 3 is 2.64 bits per heavy atom. The van der Waals surface area contributed by atoms with Crippen LogP contribution in [0.4, 0.5) is 0 Å². The first kappa shape index (κ1) is 9.40. The smallest absolute Gasteiger partial charge is 0.182 e. The Balaban J connectivity index is 2.52. The zero-order valence-corrected chi connectivity index (χ0v) is 9.59. The molecule has 72 valence electrons. The van der Waals surface area contributed by atoms with Crippen LogP contribution in [0.1, 0.15) is 11.4 Å². The monoisotopic (exact) mass is 251 g/mol. The first-order valence-electron chi connectivity index (χ1n) is 4.32. The molecule has 0 atom stereocenters. The highest BCUT2D eigenvalue weighted by molar-refractivity contribution is 9.10. The first-order chi connectivity index (χ1) is 6.66. The van der Waals surface area contributed by atoms with Gasteiger partial charge in [-0.3, -0.25) is 5.10 Å². The molecule has 2 rings (SSSR count). The van der Waals surface area contributed by atoms with Crippen molar-refractivity contribution in [1.29, 1.82) is 0 Å². The maximum atomic E-state index is 4.27. The summed E-state index contributed by atoms with van der Waals surface area (Å²) in [5.74, 6) is 1.56. The maximum Gasteiger partial charge on any atom is 0.182 e. The predicted octanol–water partition coefficient (Wildman–Crippen LogP) is 2.85. The van der Waals surface area contributed by atoms with Crippen molar-refractivity contribution in [2.75, 3.05) is 0 Å². The standard InChI is InChI=1S/C10H10BrN3/c1-6-3-4-8(9(11)5-6)10-12-7(2)13-14-10/h3-5H,1-2H3,(H,12,13,14). The van der Waals surface area contributed by atoms with Crippen molar-refractivity contribution in [2.24, 2.45) is 0 Å². The summed E-state index contributed by atoms with van der Waals surface area (Å²) in [7, 11) is 0. The molecular weight excluding hydrogens is 242 g/mol. The fourth-order valence-electron chi connectivity index (χ4n) is 1.26. The summed E-state index contributed by atoms with van der Waals surface area (Å²) >= 11 is 3.50. The molecule has 0 aliphatic heterocycles. The Kier molecular flexibility index (Phi) is 2.37. The lowest BCUT2D eigenvalue weighted by Crippen LogP contribution is -1.83. The van der Waals surface area contributed by atoms with Gasteiger partial charge in [0, 0.05) is 10.0 Å². The van der Waals surface area contributed by atoms with Gasteiger partial charge in [0.25, 0.3) is 0 Å². The molecular formula is C10H10BrN3. The van der Waals surface area contributed by atoms with Crippen molar-refractivity contribution in [3.8, 4) is 11.4 Å². The molecule has 0 spiro atoms. The summed E-state index contributed by atoms with van der Waals surface area (Å²) in [6.45, 7) is 3.94. The van der Waals surface area contributed by atoms with Crippen molar-refractivity contribution in [1.82, 2.24) is 15.2 Å². The number of benzene rings is 1. The number of aryl methyl sites for hydroxylation is 2. The number of H-pyrrole nitrogens is 1. The van der Waals surface area contributed by atoms with Crippen LogP contribution >= 0.6 is 15.9 Å². The van der Waals surface area contributed by atoms with Gasteiger partial charge in [-0.2, -0.15) is 5.10 Å². The minimum atomic E-state index is 0.731. The van der Waals surface area contributed by atoms with Crippen molar-refractivity contribution >= 4 is 15.9 Å². The van der Waals surface area contributed by atoms with Gasteiger partial charge in [-0.15, -0.1) is 0 Å². The molecule has 0 aliphatic rings.